The normalized spacial score (nSPS) is 17.8. The SMILES string of the molecule is CCCC1(C(=O)O)CCN(C(=O)Nc2nncs2)CC1. The van der Waals surface area contributed by atoms with Crippen molar-refractivity contribution in [1.82, 2.24) is 15.1 Å². The first-order valence-corrected chi connectivity index (χ1v) is 7.51. The average Bonchev–Trinajstić information content (AvgIpc) is 2.92. The third-order valence-electron chi connectivity index (χ3n) is 3.76. The van der Waals surface area contributed by atoms with Gasteiger partial charge in [-0.1, -0.05) is 24.7 Å². The fraction of sp³-hybridized carbons (Fsp3) is 0.667. The summed E-state index contributed by atoms with van der Waals surface area (Å²) in [5, 5.41) is 19.9. The van der Waals surface area contributed by atoms with Crippen LogP contribution in [0.2, 0.25) is 0 Å². The molecule has 2 heterocycles. The Bertz CT molecular complexity index is 469. The summed E-state index contributed by atoms with van der Waals surface area (Å²) in [5.41, 5.74) is 0.872. The number of hydrogen-bond acceptors (Lipinski definition) is 5. The zero-order chi connectivity index (χ0) is 14.6. The monoisotopic (exact) mass is 298 g/mol. The van der Waals surface area contributed by atoms with Crippen LogP contribution in [0.15, 0.2) is 5.51 Å². The third-order valence-corrected chi connectivity index (χ3v) is 4.37. The van der Waals surface area contributed by atoms with Gasteiger partial charge in [-0.25, -0.2) is 4.79 Å². The molecule has 0 aromatic carbocycles. The Morgan fingerprint density at radius 2 is 2.20 bits per heavy atom. The van der Waals surface area contributed by atoms with Crippen LogP contribution in [0.3, 0.4) is 0 Å². The maximum absolute atomic E-state index is 12.0. The van der Waals surface area contributed by atoms with Crippen molar-refractivity contribution in [1.29, 1.82) is 0 Å². The molecular formula is C12H18N4O3S. The van der Waals surface area contributed by atoms with Crippen LogP contribution in [0.25, 0.3) is 0 Å². The average molecular weight is 298 g/mol. The number of aliphatic carboxylic acids is 1. The molecule has 0 atom stereocenters. The van der Waals surface area contributed by atoms with Crippen molar-refractivity contribution in [2.75, 3.05) is 18.4 Å². The molecule has 2 rings (SSSR count). The molecule has 7 nitrogen and oxygen atoms in total. The molecule has 1 aliphatic heterocycles. The van der Waals surface area contributed by atoms with Crippen LogP contribution in [0.1, 0.15) is 32.6 Å². The van der Waals surface area contributed by atoms with E-state index in [1.807, 2.05) is 6.92 Å². The highest BCUT2D eigenvalue weighted by molar-refractivity contribution is 7.13. The molecule has 20 heavy (non-hydrogen) atoms. The summed E-state index contributed by atoms with van der Waals surface area (Å²) in [4.78, 5) is 25.1. The van der Waals surface area contributed by atoms with E-state index in [1.54, 1.807) is 10.4 Å². The Kier molecular flexibility index (Phi) is 4.53. The first-order chi connectivity index (χ1) is 9.57. The van der Waals surface area contributed by atoms with E-state index in [1.165, 1.54) is 11.3 Å². The number of carboxylic acids is 1. The van der Waals surface area contributed by atoms with Gasteiger partial charge in [0.05, 0.1) is 5.41 Å². The second-order valence-electron chi connectivity index (χ2n) is 5.00. The molecule has 0 spiro atoms. The second-order valence-corrected chi connectivity index (χ2v) is 5.83. The number of amides is 2. The van der Waals surface area contributed by atoms with Crippen LogP contribution in [0.4, 0.5) is 9.93 Å². The summed E-state index contributed by atoms with van der Waals surface area (Å²) in [6, 6.07) is -0.239. The van der Waals surface area contributed by atoms with Crippen molar-refractivity contribution in [3.8, 4) is 0 Å². The summed E-state index contributed by atoms with van der Waals surface area (Å²) < 4.78 is 0. The maximum atomic E-state index is 12.0. The zero-order valence-electron chi connectivity index (χ0n) is 11.3. The van der Waals surface area contributed by atoms with E-state index in [0.29, 0.717) is 37.5 Å². The molecule has 1 fully saturated rings. The fourth-order valence-corrected chi connectivity index (χ4v) is 3.02. The Morgan fingerprint density at radius 3 is 2.70 bits per heavy atom. The molecule has 1 saturated heterocycles. The summed E-state index contributed by atoms with van der Waals surface area (Å²) >= 11 is 1.25. The van der Waals surface area contributed by atoms with Gasteiger partial charge in [0, 0.05) is 13.1 Å². The lowest BCUT2D eigenvalue weighted by Crippen LogP contribution is -2.47. The molecule has 0 radical (unpaired) electrons. The van der Waals surface area contributed by atoms with Crippen molar-refractivity contribution < 1.29 is 14.7 Å². The van der Waals surface area contributed by atoms with Crippen molar-refractivity contribution in [2.24, 2.45) is 5.41 Å². The number of nitrogens with one attached hydrogen (secondary N) is 1. The number of rotatable bonds is 4. The van der Waals surface area contributed by atoms with Crippen LogP contribution >= 0.6 is 11.3 Å². The molecule has 1 aliphatic rings. The second kappa shape index (κ2) is 6.17. The Balaban J connectivity index is 1.93. The quantitative estimate of drug-likeness (QED) is 0.886. The maximum Gasteiger partial charge on any atom is 0.323 e. The first-order valence-electron chi connectivity index (χ1n) is 6.63. The topological polar surface area (TPSA) is 95.4 Å². The number of urea groups is 1. The molecule has 8 heteroatoms. The molecule has 1 aromatic heterocycles. The highest BCUT2D eigenvalue weighted by atomic mass is 32.1. The number of nitrogens with zero attached hydrogens (tertiary/aromatic N) is 3. The van der Waals surface area contributed by atoms with Crippen LogP contribution in [0.5, 0.6) is 0 Å². The van der Waals surface area contributed by atoms with Gasteiger partial charge in [0.25, 0.3) is 0 Å². The van der Waals surface area contributed by atoms with Gasteiger partial charge in [-0.2, -0.15) is 0 Å². The highest BCUT2D eigenvalue weighted by Crippen LogP contribution is 2.36. The summed E-state index contributed by atoms with van der Waals surface area (Å²) in [7, 11) is 0. The van der Waals surface area contributed by atoms with Gasteiger partial charge in [0.2, 0.25) is 5.13 Å². The smallest absolute Gasteiger partial charge is 0.323 e. The lowest BCUT2D eigenvalue weighted by Gasteiger charge is -2.38. The predicted molar refractivity (Wildman–Crippen MR) is 74.7 cm³/mol. The number of likely N-dealkylation sites (tertiary alicyclic amines) is 1. The van der Waals surface area contributed by atoms with E-state index in [4.69, 9.17) is 0 Å². The van der Waals surface area contributed by atoms with E-state index in [9.17, 15) is 14.7 Å². The van der Waals surface area contributed by atoms with E-state index in [-0.39, 0.29) is 6.03 Å². The van der Waals surface area contributed by atoms with E-state index in [0.717, 1.165) is 6.42 Å². The fourth-order valence-electron chi connectivity index (χ4n) is 2.59. The zero-order valence-corrected chi connectivity index (χ0v) is 12.2. The number of carbonyl (C=O) groups excluding carboxylic acids is 1. The van der Waals surface area contributed by atoms with Crippen LogP contribution in [-0.4, -0.2) is 45.3 Å². The van der Waals surface area contributed by atoms with Gasteiger partial charge in [-0.05, 0) is 19.3 Å². The van der Waals surface area contributed by atoms with Gasteiger partial charge in [0.1, 0.15) is 5.51 Å². The molecule has 0 saturated carbocycles. The van der Waals surface area contributed by atoms with Gasteiger partial charge in [-0.15, -0.1) is 10.2 Å². The van der Waals surface area contributed by atoms with Gasteiger partial charge < -0.3 is 10.0 Å². The van der Waals surface area contributed by atoms with Crippen LogP contribution in [-0.2, 0) is 4.79 Å². The van der Waals surface area contributed by atoms with Gasteiger partial charge in [0.15, 0.2) is 0 Å². The highest BCUT2D eigenvalue weighted by Gasteiger charge is 2.41. The van der Waals surface area contributed by atoms with Gasteiger partial charge in [-0.3, -0.25) is 10.1 Å². The Labute approximate surface area is 121 Å². The van der Waals surface area contributed by atoms with E-state index >= 15 is 0 Å². The van der Waals surface area contributed by atoms with Crippen LogP contribution < -0.4 is 5.32 Å². The number of hydrogen-bond donors (Lipinski definition) is 2. The minimum atomic E-state index is -0.747. The largest absolute Gasteiger partial charge is 0.481 e. The van der Waals surface area contributed by atoms with Crippen molar-refractivity contribution in [3.05, 3.63) is 5.51 Å². The Hall–Kier alpha value is -1.70. The number of aromatic nitrogens is 2. The number of carbonyl (C=O) groups is 2. The van der Waals surface area contributed by atoms with Gasteiger partial charge >= 0.3 is 12.0 Å². The lowest BCUT2D eigenvalue weighted by molar-refractivity contribution is -0.152. The molecule has 0 bridgehead atoms. The molecule has 110 valence electrons. The molecule has 2 N–H and O–H groups in total. The summed E-state index contributed by atoms with van der Waals surface area (Å²) in [5.74, 6) is -0.747. The molecule has 0 aliphatic carbocycles. The standard InChI is InChI=1S/C12H18N4O3S/c1-2-3-12(9(17)18)4-6-16(7-5-12)11(19)14-10-15-13-8-20-10/h8H,2-7H2,1H3,(H,17,18)(H,14,15,19). The summed E-state index contributed by atoms with van der Waals surface area (Å²) in [6.07, 6.45) is 2.50. The first kappa shape index (κ1) is 14.7. The number of piperidine rings is 1. The Morgan fingerprint density at radius 1 is 1.50 bits per heavy atom. The van der Waals surface area contributed by atoms with E-state index in [2.05, 4.69) is 15.5 Å². The van der Waals surface area contributed by atoms with Crippen molar-refractivity contribution >= 4 is 28.5 Å². The molecule has 0 unspecified atom stereocenters. The summed E-state index contributed by atoms with van der Waals surface area (Å²) in [6.45, 7) is 2.90. The number of carboxylic acid groups (broad SMARTS) is 1. The lowest BCUT2D eigenvalue weighted by atomic mass is 9.75. The van der Waals surface area contributed by atoms with Crippen molar-refractivity contribution in [2.45, 2.75) is 32.6 Å². The third kappa shape index (κ3) is 3.06. The van der Waals surface area contributed by atoms with Crippen LogP contribution in [0, 0.1) is 5.41 Å². The molecule has 2 amide bonds. The predicted octanol–water partition coefficient (Wildman–Crippen LogP) is 2.04. The molecular weight excluding hydrogens is 280 g/mol. The minimum absolute atomic E-state index is 0.239. The van der Waals surface area contributed by atoms with E-state index < -0.39 is 11.4 Å². The minimum Gasteiger partial charge on any atom is -0.481 e. The van der Waals surface area contributed by atoms with Crippen molar-refractivity contribution in [3.63, 3.8) is 0 Å². The molecule has 1 aromatic rings. The number of anilines is 1.